The van der Waals surface area contributed by atoms with E-state index in [1.54, 1.807) is 0 Å². The van der Waals surface area contributed by atoms with E-state index in [-0.39, 0.29) is 16.8 Å². The molecule has 0 unspecified atom stereocenters. The minimum absolute atomic E-state index is 0.0272. The van der Waals surface area contributed by atoms with Crippen LogP contribution in [-0.2, 0) is 0 Å². The number of H-pyrrole nitrogens is 1. The van der Waals surface area contributed by atoms with Gasteiger partial charge in [-0.1, -0.05) is 6.07 Å². The quantitative estimate of drug-likeness (QED) is 0.802. The number of hydrogen-bond donors (Lipinski definition) is 1. The zero-order chi connectivity index (χ0) is 11.7. The summed E-state index contributed by atoms with van der Waals surface area (Å²) >= 11 is 0. The zero-order valence-electron chi connectivity index (χ0n) is 8.42. The molecule has 0 aliphatic rings. The van der Waals surface area contributed by atoms with E-state index in [0.717, 1.165) is 0 Å². The summed E-state index contributed by atoms with van der Waals surface area (Å²) in [7, 11) is 0. The van der Waals surface area contributed by atoms with Crippen LogP contribution in [0.1, 0.15) is 5.56 Å². The van der Waals surface area contributed by atoms with Crippen molar-refractivity contribution in [2.24, 2.45) is 0 Å². The molecule has 3 nitrogen and oxygen atoms in total. The highest BCUT2D eigenvalue weighted by Crippen LogP contribution is 2.23. The smallest absolute Gasteiger partial charge is 0.264 e. The van der Waals surface area contributed by atoms with E-state index in [1.807, 2.05) is 0 Å². The third-order valence-electron chi connectivity index (χ3n) is 2.23. The topological polar surface area (TPSA) is 45.8 Å². The third kappa shape index (κ3) is 1.71. The summed E-state index contributed by atoms with van der Waals surface area (Å²) in [6, 6.07) is 5.43. The van der Waals surface area contributed by atoms with E-state index in [9.17, 15) is 13.6 Å². The van der Waals surface area contributed by atoms with Crippen molar-refractivity contribution in [2.45, 2.75) is 6.92 Å². The zero-order valence-corrected chi connectivity index (χ0v) is 8.42. The van der Waals surface area contributed by atoms with E-state index < -0.39 is 17.2 Å². The van der Waals surface area contributed by atoms with Gasteiger partial charge in [0.25, 0.3) is 5.56 Å². The van der Waals surface area contributed by atoms with Gasteiger partial charge < -0.3 is 0 Å². The van der Waals surface area contributed by atoms with Gasteiger partial charge in [-0.2, -0.15) is 5.10 Å². The highest BCUT2D eigenvalue weighted by atomic mass is 19.2. The molecule has 82 valence electrons. The molecule has 0 aliphatic carbocycles. The minimum Gasteiger partial charge on any atom is -0.268 e. The Labute approximate surface area is 89.8 Å². The fourth-order valence-corrected chi connectivity index (χ4v) is 1.34. The van der Waals surface area contributed by atoms with Gasteiger partial charge in [-0.3, -0.25) is 4.79 Å². The van der Waals surface area contributed by atoms with Gasteiger partial charge in [0, 0.05) is 11.6 Å². The summed E-state index contributed by atoms with van der Waals surface area (Å²) in [6.45, 7) is 1.47. The third-order valence-corrected chi connectivity index (χ3v) is 2.23. The lowest BCUT2D eigenvalue weighted by atomic mass is 10.1. The average Bonchev–Trinajstić information content (AvgIpc) is 2.28. The lowest BCUT2D eigenvalue weighted by molar-refractivity contribution is 0.505. The fourth-order valence-electron chi connectivity index (χ4n) is 1.34. The minimum atomic E-state index is -0.959. The average molecular weight is 222 g/mol. The first-order valence-electron chi connectivity index (χ1n) is 4.60. The summed E-state index contributed by atoms with van der Waals surface area (Å²) < 4.78 is 26.8. The second-order valence-corrected chi connectivity index (χ2v) is 3.36. The standard InChI is InChI=1S/C11H8F2N2O/c1-6-2-3-7(11(13)10(6)12)8-4-5-9(16)15-14-8/h2-5H,1H3,(H,15,16). The van der Waals surface area contributed by atoms with Gasteiger partial charge in [0.1, 0.15) is 0 Å². The molecule has 1 N–H and O–H groups in total. The number of nitrogens with zero attached hydrogens (tertiary/aromatic N) is 1. The monoisotopic (exact) mass is 222 g/mol. The Bertz CT molecular complexity index is 573. The number of aromatic nitrogens is 2. The first-order valence-corrected chi connectivity index (χ1v) is 4.60. The normalized spacial score (nSPS) is 10.4. The van der Waals surface area contributed by atoms with Crippen LogP contribution in [0.3, 0.4) is 0 Å². The highest BCUT2D eigenvalue weighted by Gasteiger charge is 2.13. The highest BCUT2D eigenvalue weighted by molar-refractivity contribution is 5.59. The van der Waals surface area contributed by atoms with E-state index in [0.29, 0.717) is 0 Å². The number of halogens is 2. The van der Waals surface area contributed by atoms with E-state index >= 15 is 0 Å². The molecule has 1 heterocycles. The number of rotatable bonds is 1. The van der Waals surface area contributed by atoms with Crippen LogP contribution in [0.2, 0.25) is 0 Å². The van der Waals surface area contributed by atoms with Crippen LogP contribution in [0.5, 0.6) is 0 Å². The molecule has 0 bridgehead atoms. The molecule has 0 fully saturated rings. The lowest BCUT2D eigenvalue weighted by Crippen LogP contribution is -2.06. The predicted molar refractivity (Wildman–Crippen MR) is 54.9 cm³/mol. The summed E-state index contributed by atoms with van der Waals surface area (Å²) in [5.41, 5.74) is 0.0535. The summed E-state index contributed by atoms with van der Waals surface area (Å²) in [5.74, 6) is -1.86. The first-order chi connectivity index (χ1) is 7.59. The van der Waals surface area contributed by atoms with Crippen molar-refractivity contribution in [3.8, 4) is 11.3 Å². The molecule has 0 saturated heterocycles. The Morgan fingerprint density at radius 2 is 1.88 bits per heavy atom. The van der Waals surface area contributed by atoms with Crippen molar-refractivity contribution in [1.82, 2.24) is 10.2 Å². The van der Waals surface area contributed by atoms with E-state index in [2.05, 4.69) is 10.2 Å². The van der Waals surface area contributed by atoms with Crippen molar-refractivity contribution in [3.63, 3.8) is 0 Å². The molecule has 0 atom stereocenters. The molecule has 0 radical (unpaired) electrons. The Morgan fingerprint density at radius 1 is 1.12 bits per heavy atom. The maximum atomic E-state index is 13.5. The molecule has 1 aromatic heterocycles. The second-order valence-electron chi connectivity index (χ2n) is 3.36. The largest absolute Gasteiger partial charge is 0.268 e. The van der Waals surface area contributed by atoms with Crippen LogP contribution >= 0.6 is 0 Å². The van der Waals surface area contributed by atoms with Crippen LogP contribution in [0.15, 0.2) is 29.1 Å². The van der Waals surface area contributed by atoms with Crippen molar-refractivity contribution in [2.75, 3.05) is 0 Å². The maximum absolute atomic E-state index is 13.5. The Kier molecular flexibility index (Phi) is 2.52. The number of benzene rings is 1. The molecule has 0 saturated carbocycles. The fraction of sp³-hybridized carbons (Fsp3) is 0.0909. The van der Waals surface area contributed by atoms with Gasteiger partial charge in [0.2, 0.25) is 0 Å². The molecule has 1 aromatic carbocycles. The van der Waals surface area contributed by atoms with Crippen LogP contribution < -0.4 is 5.56 Å². The molecule has 2 rings (SSSR count). The summed E-state index contributed by atoms with van der Waals surface area (Å²) in [5, 5.41) is 5.80. The number of aromatic amines is 1. The van der Waals surface area contributed by atoms with Gasteiger partial charge in [0.05, 0.1) is 5.69 Å². The molecular formula is C11H8F2N2O. The molecule has 5 heteroatoms. The Hall–Kier alpha value is -2.04. The van der Waals surface area contributed by atoms with Crippen molar-refractivity contribution in [1.29, 1.82) is 0 Å². The molecule has 0 spiro atoms. The van der Waals surface area contributed by atoms with E-state index in [4.69, 9.17) is 0 Å². The van der Waals surface area contributed by atoms with Gasteiger partial charge in [-0.05, 0) is 24.6 Å². The van der Waals surface area contributed by atoms with Crippen LogP contribution in [-0.4, -0.2) is 10.2 Å². The van der Waals surface area contributed by atoms with Gasteiger partial charge in [-0.15, -0.1) is 0 Å². The van der Waals surface area contributed by atoms with Gasteiger partial charge in [-0.25, -0.2) is 13.9 Å². The Balaban J connectivity index is 2.61. The number of nitrogens with one attached hydrogen (secondary N) is 1. The molecular weight excluding hydrogens is 214 g/mol. The lowest BCUT2D eigenvalue weighted by Gasteiger charge is -2.04. The summed E-state index contributed by atoms with van der Waals surface area (Å²) in [4.78, 5) is 10.8. The number of hydrogen-bond acceptors (Lipinski definition) is 2. The number of aryl methyl sites for hydroxylation is 1. The van der Waals surface area contributed by atoms with Crippen LogP contribution in [0.4, 0.5) is 8.78 Å². The second kappa shape index (κ2) is 3.84. The summed E-state index contributed by atoms with van der Waals surface area (Å²) in [6.07, 6.45) is 0. The molecule has 16 heavy (non-hydrogen) atoms. The molecule has 2 aromatic rings. The SMILES string of the molecule is Cc1ccc(-c2ccc(=O)[nH]n2)c(F)c1F. The van der Waals surface area contributed by atoms with Gasteiger partial charge in [0.15, 0.2) is 11.6 Å². The van der Waals surface area contributed by atoms with Crippen molar-refractivity contribution in [3.05, 3.63) is 51.8 Å². The molecule has 0 aliphatic heterocycles. The maximum Gasteiger partial charge on any atom is 0.264 e. The molecule has 0 amide bonds. The van der Waals surface area contributed by atoms with Crippen LogP contribution in [0.25, 0.3) is 11.3 Å². The van der Waals surface area contributed by atoms with Crippen molar-refractivity contribution < 1.29 is 8.78 Å². The van der Waals surface area contributed by atoms with Crippen molar-refractivity contribution >= 4 is 0 Å². The van der Waals surface area contributed by atoms with Gasteiger partial charge >= 0.3 is 0 Å². The Morgan fingerprint density at radius 3 is 2.50 bits per heavy atom. The van der Waals surface area contributed by atoms with Crippen LogP contribution in [0, 0.1) is 18.6 Å². The predicted octanol–water partition coefficient (Wildman–Crippen LogP) is 2.02. The van der Waals surface area contributed by atoms with E-state index in [1.165, 1.54) is 31.2 Å². The first kappa shape index (κ1) is 10.5.